The van der Waals surface area contributed by atoms with Crippen molar-refractivity contribution in [2.75, 3.05) is 0 Å². The number of aliphatic hydroxyl groups excluding tert-OH is 2. The van der Waals surface area contributed by atoms with Gasteiger partial charge in [-0.3, -0.25) is 4.79 Å². The highest BCUT2D eigenvalue weighted by molar-refractivity contribution is 5.90. The number of benzene rings is 2. The highest BCUT2D eigenvalue weighted by atomic mass is 16.3. The van der Waals surface area contributed by atoms with Gasteiger partial charge in [0.2, 0.25) is 0 Å². The van der Waals surface area contributed by atoms with Gasteiger partial charge < -0.3 is 10.2 Å². The van der Waals surface area contributed by atoms with Crippen molar-refractivity contribution in [3.05, 3.63) is 71.8 Å². The van der Waals surface area contributed by atoms with Crippen LogP contribution in [0.25, 0.3) is 0 Å². The van der Waals surface area contributed by atoms with Crippen LogP contribution >= 0.6 is 0 Å². The zero-order valence-corrected chi connectivity index (χ0v) is 13.2. The van der Waals surface area contributed by atoms with Gasteiger partial charge in [0.15, 0.2) is 0 Å². The molecule has 0 amide bonds. The number of Topliss-reactive ketones (excluding diaryl/α,β-unsaturated/α-hetero) is 1. The molecular formula is C20H22O3. The summed E-state index contributed by atoms with van der Waals surface area (Å²) in [4.78, 5) is 12.9. The molecule has 3 nitrogen and oxygen atoms in total. The molecule has 0 bridgehead atoms. The van der Waals surface area contributed by atoms with Crippen LogP contribution in [0.15, 0.2) is 60.7 Å². The lowest BCUT2D eigenvalue weighted by atomic mass is 9.77. The van der Waals surface area contributed by atoms with Gasteiger partial charge in [0.05, 0.1) is 17.6 Å². The maximum Gasteiger partial charge on any atom is 0.147 e. The van der Waals surface area contributed by atoms with E-state index in [1.807, 2.05) is 67.6 Å². The minimum Gasteiger partial charge on any atom is -0.388 e. The fraction of sp³-hybridized carbons (Fsp3) is 0.350. The van der Waals surface area contributed by atoms with Crippen molar-refractivity contribution < 1.29 is 15.0 Å². The standard InChI is InChI=1S/C20H22O3/c1-20(18(22)15-10-6-3-7-11-15)13-12-16(19(20)23)17(21)14-8-4-2-5-9-14/h2-11,16-18,21-22H,12-13H2,1H3. The monoisotopic (exact) mass is 310 g/mol. The molecule has 1 aliphatic carbocycles. The molecular weight excluding hydrogens is 288 g/mol. The Bertz CT molecular complexity index is 668. The van der Waals surface area contributed by atoms with E-state index in [-0.39, 0.29) is 5.78 Å². The molecule has 0 aromatic heterocycles. The lowest BCUT2D eigenvalue weighted by Gasteiger charge is -2.30. The highest BCUT2D eigenvalue weighted by Gasteiger charge is 2.51. The molecule has 0 saturated heterocycles. The second-order valence-electron chi connectivity index (χ2n) is 6.60. The maximum atomic E-state index is 12.9. The van der Waals surface area contributed by atoms with E-state index in [1.54, 1.807) is 0 Å². The van der Waals surface area contributed by atoms with Crippen molar-refractivity contribution in [2.24, 2.45) is 11.3 Å². The fourth-order valence-electron chi connectivity index (χ4n) is 3.59. The Labute approximate surface area is 136 Å². The number of hydrogen-bond acceptors (Lipinski definition) is 3. The van der Waals surface area contributed by atoms with Crippen LogP contribution in [0.4, 0.5) is 0 Å². The van der Waals surface area contributed by atoms with Gasteiger partial charge in [0.25, 0.3) is 0 Å². The van der Waals surface area contributed by atoms with Gasteiger partial charge in [-0.05, 0) is 30.9 Å². The van der Waals surface area contributed by atoms with E-state index in [0.29, 0.717) is 12.8 Å². The van der Waals surface area contributed by atoms with E-state index in [2.05, 4.69) is 0 Å². The first-order valence-electron chi connectivity index (χ1n) is 8.04. The van der Waals surface area contributed by atoms with E-state index >= 15 is 0 Å². The fourth-order valence-corrected chi connectivity index (χ4v) is 3.59. The Kier molecular flexibility index (Phi) is 4.33. The number of aliphatic hydroxyl groups is 2. The third kappa shape index (κ3) is 2.82. The van der Waals surface area contributed by atoms with Gasteiger partial charge in [-0.25, -0.2) is 0 Å². The van der Waals surface area contributed by atoms with E-state index in [9.17, 15) is 15.0 Å². The summed E-state index contributed by atoms with van der Waals surface area (Å²) in [6.45, 7) is 1.81. The zero-order valence-electron chi connectivity index (χ0n) is 13.2. The van der Waals surface area contributed by atoms with Crippen molar-refractivity contribution in [3.63, 3.8) is 0 Å². The van der Waals surface area contributed by atoms with E-state index in [1.165, 1.54) is 0 Å². The van der Waals surface area contributed by atoms with Crippen molar-refractivity contribution in [1.29, 1.82) is 0 Å². The average Bonchev–Trinajstić information content (AvgIpc) is 2.91. The number of hydrogen-bond donors (Lipinski definition) is 2. The highest BCUT2D eigenvalue weighted by Crippen LogP contribution is 2.50. The van der Waals surface area contributed by atoms with E-state index in [4.69, 9.17) is 0 Å². The number of ketones is 1. The predicted octanol–water partition coefficient (Wildman–Crippen LogP) is 3.44. The van der Waals surface area contributed by atoms with Crippen molar-refractivity contribution in [1.82, 2.24) is 0 Å². The van der Waals surface area contributed by atoms with Gasteiger partial charge >= 0.3 is 0 Å². The molecule has 120 valence electrons. The molecule has 1 aliphatic rings. The molecule has 0 radical (unpaired) electrons. The van der Waals surface area contributed by atoms with Gasteiger partial charge in [-0.1, -0.05) is 60.7 Å². The summed E-state index contributed by atoms with van der Waals surface area (Å²) in [5.41, 5.74) is 0.657. The molecule has 2 N–H and O–H groups in total. The van der Waals surface area contributed by atoms with E-state index in [0.717, 1.165) is 11.1 Å². The van der Waals surface area contributed by atoms with Gasteiger partial charge in [-0.2, -0.15) is 0 Å². The third-order valence-electron chi connectivity index (χ3n) is 5.12. The molecule has 1 saturated carbocycles. The summed E-state index contributed by atoms with van der Waals surface area (Å²) >= 11 is 0. The predicted molar refractivity (Wildman–Crippen MR) is 88.6 cm³/mol. The minimum absolute atomic E-state index is 0.0507. The van der Waals surface area contributed by atoms with Crippen LogP contribution in [0.1, 0.15) is 43.1 Å². The van der Waals surface area contributed by atoms with Crippen LogP contribution in [0.5, 0.6) is 0 Å². The summed E-state index contributed by atoms with van der Waals surface area (Å²) in [6.07, 6.45) is -0.483. The van der Waals surface area contributed by atoms with Crippen molar-refractivity contribution >= 4 is 5.78 Å². The lowest BCUT2D eigenvalue weighted by molar-refractivity contribution is -0.136. The van der Waals surface area contributed by atoms with Crippen molar-refractivity contribution in [2.45, 2.75) is 32.0 Å². The Morgan fingerprint density at radius 2 is 1.48 bits per heavy atom. The molecule has 2 aromatic rings. The second kappa shape index (κ2) is 6.26. The van der Waals surface area contributed by atoms with Crippen LogP contribution in [-0.2, 0) is 4.79 Å². The van der Waals surface area contributed by atoms with Gasteiger partial charge in [0.1, 0.15) is 5.78 Å². The van der Waals surface area contributed by atoms with E-state index < -0.39 is 23.5 Å². The summed E-state index contributed by atoms with van der Waals surface area (Å²) < 4.78 is 0. The number of carbonyl (C=O) groups is 1. The Morgan fingerprint density at radius 1 is 0.957 bits per heavy atom. The second-order valence-corrected chi connectivity index (χ2v) is 6.60. The smallest absolute Gasteiger partial charge is 0.147 e. The average molecular weight is 310 g/mol. The largest absolute Gasteiger partial charge is 0.388 e. The number of rotatable bonds is 4. The first-order valence-corrected chi connectivity index (χ1v) is 8.04. The molecule has 4 atom stereocenters. The molecule has 1 fully saturated rings. The molecule has 0 heterocycles. The third-order valence-corrected chi connectivity index (χ3v) is 5.12. The topological polar surface area (TPSA) is 57.5 Å². The summed E-state index contributed by atoms with van der Waals surface area (Å²) in [7, 11) is 0. The van der Waals surface area contributed by atoms with Gasteiger partial charge in [0, 0.05) is 5.92 Å². The Balaban J connectivity index is 1.83. The first-order chi connectivity index (χ1) is 11.0. The summed E-state index contributed by atoms with van der Waals surface area (Å²) in [6, 6.07) is 18.5. The Morgan fingerprint density at radius 3 is 2.04 bits per heavy atom. The number of carbonyl (C=O) groups excluding carboxylic acids is 1. The molecule has 2 aromatic carbocycles. The minimum atomic E-state index is -0.845. The van der Waals surface area contributed by atoms with Crippen LogP contribution in [0.2, 0.25) is 0 Å². The molecule has 23 heavy (non-hydrogen) atoms. The summed E-state index contributed by atoms with van der Waals surface area (Å²) in [5.74, 6) is -0.508. The van der Waals surface area contributed by atoms with Crippen molar-refractivity contribution in [3.8, 4) is 0 Å². The molecule has 3 heteroatoms. The normalized spacial score (nSPS) is 26.9. The lowest BCUT2D eigenvalue weighted by Crippen LogP contribution is -2.33. The van der Waals surface area contributed by atoms with Crippen LogP contribution in [0, 0.1) is 11.3 Å². The van der Waals surface area contributed by atoms with Gasteiger partial charge in [-0.15, -0.1) is 0 Å². The van der Waals surface area contributed by atoms with Crippen LogP contribution < -0.4 is 0 Å². The quantitative estimate of drug-likeness (QED) is 0.909. The maximum absolute atomic E-state index is 12.9. The molecule has 0 aliphatic heterocycles. The molecule has 3 rings (SSSR count). The summed E-state index contributed by atoms with van der Waals surface area (Å²) in [5, 5.41) is 21.3. The molecule has 4 unspecified atom stereocenters. The van der Waals surface area contributed by atoms with Crippen LogP contribution in [0.3, 0.4) is 0 Å². The molecule has 0 spiro atoms. The van der Waals surface area contributed by atoms with Crippen LogP contribution in [-0.4, -0.2) is 16.0 Å². The first kappa shape index (κ1) is 15.9. The Hall–Kier alpha value is -1.97. The SMILES string of the molecule is CC1(C(O)c2ccccc2)CCC(C(O)c2ccccc2)C1=O. The zero-order chi connectivity index (χ0) is 16.4.